The summed E-state index contributed by atoms with van der Waals surface area (Å²) >= 11 is 0. The van der Waals surface area contributed by atoms with Gasteiger partial charge in [-0.3, -0.25) is 0 Å². The zero-order valence-electron chi connectivity index (χ0n) is 12.0. The smallest absolute Gasteiger partial charge is 0.0326 e. The van der Waals surface area contributed by atoms with Crippen molar-refractivity contribution in [1.29, 1.82) is 0 Å². The van der Waals surface area contributed by atoms with Crippen LogP contribution in [0, 0.1) is 0 Å². The van der Waals surface area contributed by atoms with E-state index in [0.717, 1.165) is 18.7 Å². The maximum absolute atomic E-state index is 5.83. The molecule has 0 aliphatic heterocycles. The van der Waals surface area contributed by atoms with E-state index in [1.165, 1.54) is 17.5 Å². The number of nitrogens with zero attached hydrogens (tertiary/aromatic N) is 1. The molecule has 0 amide bonds. The van der Waals surface area contributed by atoms with Gasteiger partial charge >= 0.3 is 0 Å². The van der Waals surface area contributed by atoms with Crippen molar-refractivity contribution in [2.24, 2.45) is 0 Å². The van der Waals surface area contributed by atoms with Crippen LogP contribution in [0.4, 0.5) is 5.69 Å². The SMILES string of the molecule is CN(C)C(C)(C)CNC1CCc2cc(N)ccc21. The Morgan fingerprint density at radius 3 is 2.78 bits per heavy atom. The fraction of sp³-hybridized carbons (Fsp3) is 0.600. The highest BCUT2D eigenvalue weighted by molar-refractivity contribution is 5.47. The minimum Gasteiger partial charge on any atom is -0.399 e. The van der Waals surface area contributed by atoms with Gasteiger partial charge in [-0.2, -0.15) is 0 Å². The van der Waals surface area contributed by atoms with Crippen molar-refractivity contribution in [3.8, 4) is 0 Å². The number of nitrogens with one attached hydrogen (secondary N) is 1. The standard InChI is InChI=1S/C15H25N3/c1-15(2,18(3)4)10-17-14-8-5-11-9-12(16)6-7-13(11)14/h6-7,9,14,17H,5,8,10,16H2,1-4H3. The molecular formula is C15H25N3. The van der Waals surface area contributed by atoms with Gasteiger partial charge in [0.05, 0.1) is 0 Å². The molecule has 0 heterocycles. The summed E-state index contributed by atoms with van der Waals surface area (Å²) in [6, 6.07) is 6.79. The van der Waals surface area contributed by atoms with E-state index in [4.69, 9.17) is 5.73 Å². The number of anilines is 1. The number of likely N-dealkylation sites (N-methyl/N-ethyl adjacent to an activating group) is 1. The molecule has 0 spiro atoms. The zero-order valence-corrected chi connectivity index (χ0v) is 12.0. The lowest BCUT2D eigenvalue weighted by Gasteiger charge is -2.34. The van der Waals surface area contributed by atoms with E-state index < -0.39 is 0 Å². The summed E-state index contributed by atoms with van der Waals surface area (Å²) in [6.45, 7) is 5.52. The Kier molecular flexibility index (Phi) is 3.64. The van der Waals surface area contributed by atoms with Crippen LogP contribution in [0.25, 0.3) is 0 Å². The molecule has 1 aromatic carbocycles. The van der Waals surface area contributed by atoms with Gasteiger partial charge < -0.3 is 16.0 Å². The van der Waals surface area contributed by atoms with Crippen LogP contribution < -0.4 is 11.1 Å². The molecule has 0 radical (unpaired) electrons. The summed E-state index contributed by atoms with van der Waals surface area (Å²) in [5.74, 6) is 0. The molecule has 1 unspecified atom stereocenters. The third kappa shape index (κ3) is 2.68. The number of fused-ring (bicyclic) bond motifs is 1. The van der Waals surface area contributed by atoms with Gasteiger partial charge in [-0.15, -0.1) is 0 Å². The summed E-state index contributed by atoms with van der Waals surface area (Å²) < 4.78 is 0. The fourth-order valence-corrected chi connectivity index (χ4v) is 2.38. The molecule has 0 bridgehead atoms. The van der Waals surface area contributed by atoms with Crippen molar-refractivity contribution in [3.63, 3.8) is 0 Å². The lowest BCUT2D eigenvalue weighted by Crippen LogP contribution is -2.47. The largest absolute Gasteiger partial charge is 0.399 e. The molecule has 18 heavy (non-hydrogen) atoms. The zero-order chi connectivity index (χ0) is 13.3. The summed E-state index contributed by atoms with van der Waals surface area (Å²) in [7, 11) is 4.26. The minimum absolute atomic E-state index is 0.177. The van der Waals surface area contributed by atoms with Gasteiger partial charge in [0.2, 0.25) is 0 Å². The summed E-state index contributed by atoms with van der Waals surface area (Å²) in [4.78, 5) is 2.26. The minimum atomic E-state index is 0.177. The second kappa shape index (κ2) is 4.90. The highest BCUT2D eigenvalue weighted by atomic mass is 15.2. The van der Waals surface area contributed by atoms with Crippen LogP contribution in [0.2, 0.25) is 0 Å². The van der Waals surface area contributed by atoms with E-state index in [0.29, 0.717) is 6.04 Å². The first kappa shape index (κ1) is 13.4. The van der Waals surface area contributed by atoms with E-state index >= 15 is 0 Å². The second-order valence-electron chi connectivity index (χ2n) is 6.14. The number of rotatable bonds is 4. The Bertz CT molecular complexity index is 424. The van der Waals surface area contributed by atoms with Crippen molar-refractivity contribution in [2.45, 2.75) is 38.3 Å². The average Bonchev–Trinajstić information content (AvgIpc) is 2.68. The van der Waals surface area contributed by atoms with Gasteiger partial charge in [0.25, 0.3) is 0 Å². The molecule has 2 rings (SSSR count). The predicted molar refractivity (Wildman–Crippen MR) is 77.7 cm³/mol. The number of hydrogen-bond acceptors (Lipinski definition) is 3. The second-order valence-corrected chi connectivity index (χ2v) is 6.14. The number of benzene rings is 1. The molecule has 0 aromatic heterocycles. The molecule has 3 nitrogen and oxygen atoms in total. The van der Waals surface area contributed by atoms with Crippen molar-refractivity contribution in [1.82, 2.24) is 10.2 Å². The van der Waals surface area contributed by atoms with Crippen LogP contribution in [0.3, 0.4) is 0 Å². The van der Waals surface area contributed by atoms with E-state index in [1.807, 2.05) is 6.07 Å². The summed E-state index contributed by atoms with van der Waals surface area (Å²) in [6.07, 6.45) is 2.32. The molecule has 1 aliphatic carbocycles. The summed E-state index contributed by atoms with van der Waals surface area (Å²) in [5.41, 5.74) is 9.73. The summed E-state index contributed by atoms with van der Waals surface area (Å²) in [5, 5.41) is 3.70. The van der Waals surface area contributed by atoms with Gasteiger partial charge in [-0.25, -0.2) is 0 Å². The molecule has 1 aliphatic rings. The maximum Gasteiger partial charge on any atom is 0.0326 e. The molecule has 0 fully saturated rings. The van der Waals surface area contributed by atoms with E-state index in [2.05, 4.69) is 50.3 Å². The molecule has 3 N–H and O–H groups in total. The lowest BCUT2D eigenvalue weighted by atomic mass is 10.0. The Morgan fingerprint density at radius 2 is 2.11 bits per heavy atom. The molecule has 0 saturated carbocycles. The average molecular weight is 247 g/mol. The third-order valence-corrected chi connectivity index (χ3v) is 4.24. The monoisotopic (exact) mass is 247 g/mol. The number of hydrogen-bond donors (Lipinski definition) is 2. The molecule has 100 valence electrons. The first-order valence-electron chi connectivity index (χ1n) is 6.69. The van der Waals surface area contributed by atoms with Gasteiger partial charge in [-0.05, 0) is 64.0 Å². The van der Waals surface area contributed by atoms with Crippen molar-refractivity contribution in [2.75, 3.05) is 26.4 Å². The number of nitrogen functional groups attached to an aromatic ring is 1. The fourth-order valence-electron chi connectivity index (χ4n) is 2.38. The number of nitrogens with two attached hydrogens (primary N) is 1. The van der Waals surface area contributed by atoms with Crippen LogP contribution in [0.15, 0.2) is 18.2 Å². The predicted octanol–water partition coefficient (Wildman–Crippen LogP) is 2.19. The van der Waals surface area contributed by atoms with Crippen LogP contribution in [-0.4, -0.2) is 31.1 Å². The Morgan fingerprint density at radius 1 is 1.39 bits per heavy atom. The highest BCUT2D eigenvalue weighted by Gasteiger charge is 2.26. The quantitative estimate of drug-likeness (QED) is 0.801. The van der Waals surface area contributed by atoms with Gasteiger partial charge in [0, 0.05) is 23.8 Å². The van der Waals surface area contributed by atoms with Crippen molar-refractivity contribution in [3.05, 3.63) is 29.3 Å². The van der Waals surface area contributed by atoms with Gasteiger partial charge in [0.15, 0.2) is 0 Å². The molecule has 1 atom stereocenters. The van der Waals surface area contributed by atoms with E-state index in [1.54, 1.807) is 0 Å². The maximum atomic E-state index is 5.83. The van der Waals surface area contributed by atoms with Crippen LogP contribution in [0.1, 0.15) is 37.4 Å². The lowest BCUT2D eigenvalue weighted by molar-refractivity contribution is 0.184. The number of aryl methyl sites for hydroxylation is 1. The van der Waals surface area contributed by atoms with E-state index in [9.17, 15) is 0 Å². The van der Waals surface area contributed by atoms with Crippen LogP contribution in [0.5, 0.6) is 0 Å². The third-order valence-electron chi connectivity index (χ3n) is 4.24. The van der Waals surface area contributed by atoms with Gasteiger partial charge in [0.1, 0.15) is 0 Å². The Labute approximate surface area is 110 Å². The first-order valence-corrected chi connectivity index (χ1v) is 6.69. The Balaban J connectivity index is 2.02. The van der Waals surface area contributed by atoms with Crippen molar-refractivity contribution >= 4 is 5.69 Å². The van der Waals surface area contributed by atoms with Gasteiger partial charge in [-0.1, -0.05) is 6.07 Å². The van der Waals surface area contributed by atoms with E-state index in [-0.39, 0.29) is 5.54 Å². The molecule has 1 aromatic rings. The first-order chi connectivity index (χ1) is 8.40. The normalized spacial score (nSPS) is 19.3. The molecule has 0 saturated heterocycles. The topological polar surface area (TPSA) is 41.3 Å². The van der Waals surface area contributed by atoms with Crippen LogP contribution in [-0.2, 0) is 6.42 Å². The molecular weight excluding hydrogens is 222 g/mol. The van der Waals surface area contributed by atoms with Crippen LogP contribution >= 0.6 is 0 Å². The van der Waals surface area contributed by atoms with Crippen molar-refractivity contribution < 1.29 is 0 Å². The highest BCUT2D eigenvalue weighted by Crippen LogP contribution is 2.32. The Hall–Kier alpha value is -1.06. The molecule has 3 heteroatoms.